The van der Waals surface area contributed by atoms with E-state index in [1.807, 2.05) is 19.2 Å². The summed E-state index contributed by atoms with van der Waals surface area (Å²) in [6.45, 7) is 2.03. The monoisotopic (exact) mass is 215 g/mol. The Morgan fingerprint density at radius 1 is 1.64 bits per heavy atom. The average Bonchev–Trinajstić information content (AvgIpc) is 2.05. The molecule has 0 bridgehead atoms. The lowest BCUT2D eigenvalue weighted by Crippen LogP contribution is -1.91. The average molecular weight is 216 g/mol. The Morgan fingerprint density at radius 3 is 2.91 bits per heavy atom. The molecule has 0 N–H and O–H groups in total. The lowest BCUT2D eigenvalue weighted by molar-refractivity contribution is 0.397. The molecule has 60 valence electrons. The van der Waals surface area contributed by atoms with E-state index in [1.54, 1.807) is 7.11 Å². The predicted molar refractivity (Wildman–Crippen MR) is 48.2 cm³/mol. The molecule has 1 aromatic rings. The molecule has 0 fully saturated rings. The third kappa shape index (κ3) is 1.93. The van der Waals surface area contributed by atoms with E-state index in [0.29, 0.717) is 5.88 Å². The van der Waals surface area contributed by atoms with Gasteiger partial charge in [-0.25, -0.2) is 4.98 Å². The lowest BCUT2D eigenvalue weighted by atomic mass is 10.2. The van der Waals surface area contributed by atoms with E-state index in [9.17, 15) is 0 Å². The third-order valence-corrected chi connectivity index (χ3v) is 2.15. The van der Waals surface area contributed by atoms with Gasteiger partial charge in [-0.2, -0.15) is 0 Å². The maximum Gasteiger partial charge on any atom is 0.213 e. The number of halogens is 1. The van der Waals surface area contributed by atoms with Gasteiger partial charge in [0.25, 0.3) is 0 Å². The van der Waals surface area contributed by atoms with Crippen LogP contribution >= 0.6 is 15.9 Å². The first-order valence-electron chi connectivity index (χ1n) is 3.33. The highest BCUT2D eigenvalue weighted by Crippen LogP contribution is 2.15. The van der Waals surface area contributed by atoms with E-state index in [1.165, 1.54) is 11.1 Å². The standard InChI is InChI=1S/C8H10BrNO/c1-6-5-10-8(11-2)3-7(6)4-9/h3,5H,4H2,1-2H3. The van der Waals surface area contributed by atoms with Crippen molar-refractivity contribution in [1.29, 1.82) is 0 Å². The molecule has 1 heterocycles. The number of aromatic nitrogens is 1. The molecule has 1 aromatic heterocycles. The quantitative estimate of drug-likeness (QED) is 0.707. The van der Waals surface area contributed by atoms with E-state index in [0.717, 1.165) is 5.33 Å². The van der Waals surface area contributed by atoms with Crippen molar-refractivity contribution in [2.45, 2.75) is 12.3 Å². The number of nitrogens with zero attached hydrogens (tertiary/aromatic N) is 1. The van der Waals surface area contributed by atoms with Crippen LogP contribution < -0.4 is 4.74 Å². The van der Waals surface area contributed by atoms with Crippen molar-refractivity contribution in [2.75, 3.05) is 7.11 Å². The Morgan fingerprint density at radius 2 is 2.36 bits per heavy atom. The molecule has 0 saturated heterocycles. The minimum Gasteiger partial charge on any atom is -0.481 e. The Balaban J connectivity index is 3.02. The maximum atomic E-state index is 4.98. The van der Waals surface area contributed by atoms with E-state index in [-0.39, 0.29) is 0 Å². The largest absolute Gasteiger partial charge is 0.481 e. The topological polar surface area (TPSA) is 22.1 Å². The summed E-state index contributed by atoms with van der Waals surface area (Å²) in [5.41, 5.74) is 2.40. The van der Waals surface area contributed by atoms with Gasteiger partial charge in [0.2, 0.25) is 5.88 Å². The molecule has 1 rings (SSSR count). The van der Waals surface area contributed by atoms with E-state index < -0.39 is 0 Å². The van der Waals surface area contributed by atoms with Gasteiger partial charge in [0.15, 0.2) is 0 Å². The molecule has 2 nitrogen and oxygen atoms in total. The highest BCUT2D eigenvalue weighted by Gasteiger charge is 1.98. The lowest BCUT2D eigenvalue weighted by Gasteiger charge is -2.03. The molecule has 0 aromatic carbocycles. The minimum atomic E-state index is 0.671. The van der Waals surface area contributed by atoms with Crippen LogP contribution in [0.4, 0.5) is 0 Å². The van der Waals surface area contributed by atoms with Crippen LogP contribution in [0.25, 0.3) is 0 Å². The van der Waals surface area contributed by atoms with Gasteiger partial charge in [-0.15, -0.1) is 0 Å². The summed E-state index contributed by atoms with van der Waals surface area (Å²) in [7, 11) is 1.62. The minimum absolute atomic E-state index is 0.671. The number of pyridine rings is 1. The van der Waals surface area contributed by atoms with Crippen LogP contribution in [-0.4, -0.2) is 12.1 Å². The number of aryl methyl sites for hydroxylation is 1. The summed E-state index contributed by atoms with van der Waals surface area (Å²) in [4.78, 5) is 4.06. The van der Waals surface area contributed by atoms with Crippen LogP contribution in [0.2, 0.25) is 0 Å². The van der Waals surface area contributed by atoms with Crippen molar-refractivity contribution >= 4 is 15.9 Å². The number of methoxy groups -OCH3 is 1. The van der Waals surface area contributed by atoms with Crippen molar-refractivity contribution in [3.63, 3.8) is 0 Å². The van der Waals surface area contributed by atoms with Crippen molar-refractivity contribution in [3.05, 3.63) is 23.4 Å². The van der Waals surface area contributed by atoms with Crippen LogP contribution in [-0.2, 0) is 5.33 Å². The first kappa shape index (κ1) is 8.53. The van der Waals surface area contributed by atoms with Gasteiger partial charge in [0.1, 0.15) is 0 Å². The number of hydrogen-bond acceptors (Lipinski definition) is 2. The molecule has 0 aliphatic carbocycles. The summed E-state index contributed by atoms with van der Waals surface area (Å²) in [5.74, 6) is 0.671. The first-order chi connectivity index (χ1) is 5.27. The molecule has 0 radical (unpaired) electrons. The van der Waals surface area contributed by atoms with E-state index >= 15 is 0 Å². The van der Waals surface area contributed by atoms with Gasteiger partial charge in [-0.1, -0.05) is 15.9 Å². The zero-order chi connectivity index (χ0) is 8.27. The van der Waals surface area contributed by atoms with Crippen molar-refractivity contribution in [3.8, 4) is 5.88 Å². The highest BCUT2D eigenvalue weighted by molar-refractivity contribution is 9.08. The van der Waals surface area contributed by atoms with Gasteiger partial charge >= 0.3 is 0 Å². The normalized spacial score (nSPS) is 9.73. The molecular formula is C8H10BrNO. The molecule has 0 amide bonds. The first-order valence-corrected chi connectivity index (χ1v) is 4.45. The third-order valence-electron chi connectivity index (χ3n) is 1.54. The predicted octanol–water partition coefficient (Wildman–Crippen LogP) is 2.29. The Labute approximate surface area is 74.7 Å². The molecule has 0 saturated carbocycles. The second kappa shape index (κ2) is 3.72. The van der Waals surface area contributed by atoms with E-state index in [4.69, 9.17) is 4.74 Å². The summed E-state index contributed by atoms with van der Waals surface area (Å²) in [6.07, 6.45) is 1.81. The van der Waals surface area contributed by atoms with Gasteiger partial charge in [0.05, 0.1) is 7.11 Å². The van der Waals surface area contributed by atoms with Gasteiger partial charge < -0.3 is 4.74 Å². The summed E-state index contributed by atoms with van der Waals surface area (Å²) >= 11 is 3.39. The zero-order valence-corrected chi connectivity index (χ0v) is 8.18. The smallest absolute Gasteiger partial charge is 0.213 e. The molecule has 0 aliphatic heterocycles. The molecule has 0 spiro atoms. The van der Waals surface area contributed by atoms with Gasteiger partial charge in [-0.3, -0.25) is 0 Å². The maximum absolute atomic E-state index is 4.98. The molecule has 11 heavy (non-hydrogen) atoms. The molecule has 3 heteroatoms. The van der Waals surface area contributed by atoms with Crippen LogP contribution in [0, 0.1) is 6.92 Å². The van der Waals surface area contributed by atoms with Crippen LogP contribution in [0.15, 0.2) is 12.3 Å². The van der Waals surface area contributed by atoms with Gasteiger partial charge in [-0.05, 0) is 18.1 Å². The van der Waals surface area contributed by atoms with Crippen LogP contribution in [0.1, 0.15) is 11.1 Å². The summed E-state index contributed by atoms with van der Waals surface area (Å²) in [5, 5.41) is 0.845. The number of hydrogen-bond donors (Lipinski definition) is 0. The molecule has 0 aliphatic rings. The number of alkyl halides is 1. The van der Waals surface area contributed by atoms with E-state index in [2.05, 4.69) is 20.9 Å². The fourth-order valence-electron chi connectivity index (χ4n) is 0.799. The Bertz CT molecular complexity index is 250. The summed E-state index contributed by atoms with van der Waals surface area (Å²) < 4.78 is 4.98. The Kier molecular flexibility index (Phi) is 2.88. The number of rotatable bonds is 2. The van der Waals surface area contributed by atoms with Crippen molar-refractivity contribution in [1.82, 2.24) is 4.98 Å². The van der Waals surface area contributed by atoms with Crippen LogP contribution in [0.3, 0.4) is 0 Å². The highest BCUT2D eigenvalue weighted by atomic mass is 79.9. The van der Waals surface area contributed by atoms with Gasteiger partial charge in [0, 0.05) is 17.6 Å². The molecular weight excluding hydrogens is 206 g/mol. The fourth-order valence-corrected chi connectivity index (χ4v) is 1.40. The van der Waals surface area contributed by atoms with Crippen LogP contribution in [0.5, 0.6) is 5.88 Å². The zero-order valence-electron chi connectivity index (χ0n) is 6.60. The second-order valence-electron chi connectivity index (χ2n) is 2.29. The van der Waals surface area contributed by atoms with Crippen molar-refractivity contribution in [2.24, 2.45) is 0 Å². The SMILES string of the molecule is COc1cc(CBr)c(C)cn1. The molecule has 0 unspecified atom stereocenters. The fraction of sp³-hybridized carbons (Fsp3) is 0.375. The van der Waals surface area contributed by atoms with Crippen molar-refractivity contribution < 1.29 is 4.74 Å². The molecule has 0 atom stereocenters. The second-order valence-corrected chi connectivity index (χ2v) is 2.85. The summed E-state index contributed by atoms with van der Waals surface area (Å²) in [6, 6.07) is 1.93. The number of ether oxygens (including phenoxy) is 1. The Hall–Kier alpha value is -0.570.